The lowest BCUT2D eigenvalue weighted by Crippen LogP contribution is -2.82. The second-order valence-corrected chi connectivity index (χ2v) is 17.3. The number of halogens is 1. The fraction of sp³-hybridized carbons (Fsp3) is 0.111. The summed E-state index contributed by atoms with van der Waals surface area (Å²) in [6, 6.07) is 45.3. The van der Waals surface area contributed by atoms with Crippen LogP contribution < -0.4 is 20.7 Å². The van der Waals surface area contributed by atoms with E-state index in [-0.39, 0.29) is 0 Å². The van der Waals surface area contributed by atoms with Gasteiger partial charge in [0.15, 0.2) is 0 Å². The molecule has 1 saturated heterocycles. The third-order valence-corrected chi connectivity index (χ3v) is 18.8. The number of rotatable bonds is 5. The lowest BCUT2D eigenvalue weighted by atomic mass is 10.3. The quantitative estimate of drug-likeness (QED) is 0.250. The Bertz CT molecular complexity index is 1030. The molecule has 0 radical (unpaired) electrons. The maximum Gasteiger partial charge on any atom is 0.254 e. The summed E-state index contributed by atoms with van der Waals surface area (Å²) >= 11 is 7.80. The first-order valence-electron chi connectivity index (χ1n) is 10.9. The van der Waals surface area contributed by atoms with Gasteiger partial charge < -0.3 is 4.23 Å². The molecular weight excluding hydrogens is 430 g/mol. The molecule has 4 aromatic carbocycles. The maximum absolute atomic E-state index is 7.80. The molecule has 31 heavy (non-hydrogen) atoms. The van der Waals surface area contributed by atoms with Crippen molar-refractivity contribution >= 4 is 47.6 Å². The third kappa shape index (κ3) is 3.42. The first-order valence-corrected chi connectivity index (χ1v) is 16.1. The van der Waals surface area contributed by atoms with E-state index in [1.54, 1.807) is 0 Å². The van der Waals surface area contributed by atoms with Gasteiger partial charge in [-0.15, -0.1) is 11.1 Å². The lowest BCUT2D eigenvalue weighted by Gasteiger charge is -2.47. The molecule has 4 aromatic rings. The molecule has 1 atom stereocenters. The minimum absolute atomic E-state index is 1.04. The highest BCUT2D eigenvalue weighted by atomic mass is 35.6. The zero-order valence-electron chi connectivity index (χ0n) is 17.5. The molecule has 0 spiro atoms. The molecule has 154 valence electrons. The Kier molecular flexibility index (Phi) is 5.68. The van der Waals surface area contributed by atoms with E-state index in [1.165, 1.54) is 20.7 Å². The van der Waals surface area contributed by atoms with Crippen LogP contribution in [-0.4, -0.2) is 26.6 Å². The molecule has 5 rings (SSSR count). The minimum atomic E-state index is -2.55. The van der Waals surface area contributed by atoms with Gasteiger partial charge in [0.05, 0.1) is 0 Å². The number of benzene rings is 4. The first-order chi connectivity index (χ1) is 15.3. The van der Waals surface area contributed by atoms with E-state index < -0.39 is 15.8 Å². The minimum Gasteiger partial charge on any atom is -0.319 e. The molecule has 1 unspecified atom stereocenters. The summed E-state index contributed by atoms with van der Waals surface area (Å²) in [5, 5.41) is 5.54. The molecule has 1 heterocycles. The largest absolute Gasteiger partial charge is 0.319 e. The third-order valence-electron chi connectivity index (χ3n) is 6.51. The van der Waals surface area contributed by atoms with E-state index in [1.807, 2.05) is 0 Å². The normalized spacial score (nSPS) is 19.4. The van der Waals surface area contributed by atoms with Crippen molar-refractivity contribution in [3.8, 4) is 0 Å². The highest BCUT2D eigenvalue weighted by molar-refractivity contribution is 7.32. The van der Waals surface area contributed by atoms with E-state index in [9.17, 15) is 0 Å². The van der Waals surface area contributed by atoms with Crippen molar-refractivity contribution in [2.75, 3.05) is 6.54 Å². The molecule has 1 nitrogen and oxygen atoms in total. The molecule has 1 aliphatic heterocycles. The standard InChI is InChI=1S/C27H26ClNSi2/c28-30(24-14-5-1-6-15-24)23-13-22-29(30)31(25-16-7-2-8-17-25,26-18-9-3-10-19-26)27-20-11-4-12-21-27/h1-12,14-21H,13,22-23H2. The Hall–Kier alpha value is -2.44. The van der Waals surface area contributed by atoms with Crippen molar-refractivity contribution in [2.24, 2.45) is 0 Å². The summed E-state index contributed by atoms with van der Waals surface area (Å²) in [6.07, 6.45) is 1.14. The van der Waals surface area contributed by atoms with Crippen molar-refractivity contribution < 1.29 is 0 Å². The van der Waals surface area contributed by atoms with Gasteiger partial charge in [0.1, 0.15) is 0 Å². The first kappa shape index (κ1) is 20.5. The van der Waals surface area contributed by atoms with Crippen molar-refractivity contribution in [2.45, 2.75) is 12.5 Å². The maximum atomic E-state index is 7.80. The van der Waals surface area contributed by atoms with E-state index in [0.717, 1.165) is 19.0 Å². The SMILES string of the molecule is Cl[Si]1(c2ccccc2)CCCN1[Si](c1ccccc1)(c1ccccc1)c1ccccc1. The Morgan fingerprint density at radius 2 is 0.968 bits per heavy atom. The van der Waals surface area contributed by atoms with E-state index in [4.69, 9.17) is 11.1 Å². The predicted molar refractivity (Wildman–Crippen MR) is 138 cm³/mol. The molecular formula is C27H26ClNSi2. The van der Waals surface area contributed by atoms with Crippen molar-refractivity contribution in [1.82, 2.24) is 4.23 Å². The Morgan fingerprint density at radius 1 is 0.581 bits per heavy atom. The molecule has 0 bridgehead atoms. The monoisotopic (exact) mass is 455 g/mol. The van der Waals surface area contributed by atoms with Gasteiger partial charge in [0, 0.05) is 0 Å². The molecule has 0 aromatic heterocycles. The van der Waals surface area contributed by atoms with Gasteiger partial charge in [-0.25, -0.2) is 0 Å². The van der Waals surface area contributed by atoms with Crippen LogP contribution in [0.5, 0.6) is 0 Å². The topological polar surface area (TPSA) is 3.24 Å². The van der Waals surface area contributed by atoms with Gasteiger partial charge in [0.2, 0.25) is 8.24 Å². The van der Waals surface area contributed by atoms with Gasteiger partial charge in [-0.3, -0.25) is 0 Å². The van der Waals surface area contributed by atoms with Crippen LogP contribution in [0.2, 0.25) is 6.04 Å². The Labute approximate surface area is 191 Å². The average molecular weight is 456 g/mol. The molecule has 0 N–H and O–H groups in total. The summed E-state index contributed by atoms with van der Waals surface area (Å²) < 4.78 is 2.80. The van der Waals surface area contributed by atoms with Crippen molar-refractivity contribution in [3.05, 3.63) is 121 Å². The molecule has 0 amide bonds. The van der Waals surface area contributed by atoms with Crippen LogP contribution in [0.25, 0.3) is 0 Å². The van der Waals surface area contributed by atoms with Gasteiger partial charge in [-0.1, -0.05) is 121 Å². The van der Waals surface area contributed by atoms with Gasteiger partial charge in [0.25, 0.3) is 7.55 Å². The second-order valence-electron chi connectivity index (χ2n) is 8.19. The Morgan fingerprint density at radius 3 is 1.39 bits per heavy atom. The van der Waals surface area contributed by atoms with Gasteiger partial charge >= 0.3 is 0 Å². The van der Waals surface area contributed by atoms with E-state index in [2.05, 4.69) is 126 Å². The van der Waals surface area contributed by atoms with Gasteiger partial charge in [-0.05, 0) is 39.8 Å². The van der Waals surface area contributed by atoms with Crippen LogP contribution in [0.1, 0.15) is 6.42 Å². The van der Waals surface area contributed by atoms with E-state index >= 15 is 0 Å². The summed E-state index contributed by atoms with van der Waals surface area (Å²) in [5.74, 6) is 0. The van der Waals surface area contributed by atoms with Crippen LogP contribution in [0.3, 0.4) is 0 Å². The van der Waals surface area contributed by atoms with Crippen molar-refractivity contribution in [1.29, 1.82) is 0 Å². The molecule has 1 aliphatic rings. The summed E-state index contributed by atoms with van der Waals surface area (Å²) in [6.45, 7) is 1.04. The van der Waals surface area contributed by atoms with Crippen LogP contribution in [-0.2, 0) is 0 Å². The van der Waals surface area contributed by atoms with Crippen molar-refractivity contribution in [3.63, 3.8) is 0 Å². The predicted octanol–water partition coefficient (Wildman–Crippen LogP) is 3.95. The average Bonchev–Trinajstić information content (AvgIpc) is 3.25. The highest BCUT2D eigenvalue weighted by Gasteiger charge is 2.57. The van der Waals surface area contributed by atoms with Crippen LogP contribution >= 0.6 is 11.1 Å². The van der Waals surface area contributed by atoms with Crippen LogP contribution in [0.4, 0.5) is 0 Å². The Balaban J connectivity index is 1.84. The zero-order valence-corrected chi connectivity index (χ0v) is 20.2. The fourth-order valence-corrected chi connectivity index (χ4v) is 18.6. The highest BCUT2D eigenvalue weighted by Crippen LogP contribution is 2.34. The smallest absolute Gasteiger partial charge is 0.254 e. The number of hydrogen-bond acceptors (Lipinski definition) is 1. The summed E-state index contributed by atoms with van der Waals surface area (Å²) in [7, 11) is -4.95. The van der Waals surface area contributed by atoms with E-state index in [0.29, 0.717) is 0 Å². The van der Waals surface area contributed by atoms with Gasteiger partial charge in [-0.2, -0.15) is 0 Å². The molecule has 0 aliphatic carbocycles. The molecule has 1 fully saturated rings. The second kappa shape index (κ2) is 8.60. The molecule has 0 saturated carbocycles. The lowest BCUT2D eigenvalue weighted by molar-refractivity contribution is 0.688. The number of nitrogens with zero attached hydrogens (tertiary/aromatic N) is 1. The summed E-state index contributed by atoms with van der Waals surface area (Å²) in [5.41, 5.74) is 0. The summed E-state index contributed by atoms with van der Waals surface area (Å²) in [4.78, 5) is 0. The van der Waals surface area contributed by atoms with Crippen LogP contribution in [0, 0.1) is 0 Å². The molecule has 4 heteroatoms. The van der Waals surface area contributed by atoms with Crippen LogP contribution in [0.15, 0.2) is 121 Å². The number of hydrogen-bond donors (Lipinski definition) is 0. The fourth-order valence-electron chi connectivity index (χ4n) is 5.22. The zero-order chi connectivity index (χ0) is 21.2.